The van der Waals surface area contributed by atoms with Crippen molar-refractivity contribution in [2.24, 2.45) is 0 Å². The molecule has 0 unspecified atom stereocenters. The van der Waals surface area contributed by atoms with E-state index in [1.54, 1.807) is 6.07 Å². The van der Waals surface area contributed by atoms with E-state index in [2.05, 4.69) is 44.8 Å². The summed E-state index contributed by atoms with van der Waals surface area (Å²) in [5.74, 6) is -0.132. The van der Waals surface area contributed by atoms with Gasteiger partial charge in [-0.15, -0.1) is 0 Å². The Morgan fingerprint density at radius 2 is 1.78 bits per heavy atom. The quantitative estimate of drug-likeness (QED) is 0.862. The van der Waals surface area contributed by atoms with Crippen molar-refractivity contribution in [3.8, 4) is 0 Å². The minimum atomic E-state index is -0.132. The SMILES string of the molecule is CCN(CC)c1c(F)cccc1CNC(C)(C)C. The number of nitrogens with zero attached hydrogens (tertiary/aromatic N) is 1. The molecule has 1 N–H and O–H groups in total. The van der Waals surface area contributed by atoms with Gasteiger partial charge in [-0.2, -0.15) is 0 Å². The molecule has 2 nitrogen and oxygen atoms in total. The monoisotopic (exact) mass is 252 g/mol. The Morgan fingerprint density at radius 3 is 2.28 bits per heavy atom. The van der Waals surface area contributed by atoms with Gasteiger partial charge in [0.15, 0.2) is 0 Å². The lowest BCUT2D eigenvalue weighted by Crippen LogP contribution is -2.36. The van der Waals surface area contributed by atoms with Crippen molar-refractivity contribution in [3.05, 3.63) is 29.6 Å². The molecule has 0 saturated carbocycles. The summed E-state index contributed by atoms with van der Waals surface area (Å²) in [6.45, 7) is 12.8. The Bertz CT molecular complexity index is 379. The smallest absolute Gasteiger partial charge is 0.146 e. The molecule has 102 valence electrons. The third kappa shape index (κ3) is 3.98. The molecule has 0 fully saturated rings. The van der Waals surface area contributed by atoms with Gasteiger partial charge in [0.05, 0.1) is 5.69 Å². The molecule has 0 heterocycles. The normalized spacial score (nSPS) is 11.7. The fourth-order valence-electron chi connectivity index (χ4n) is 1.96. The number of nitrogens with one attached hydrogen (secondary N) is 1. The molecule has 1 aromatic rings. The van der Waals surface area contributed by atoms with Crippen LogP contribution in [0, 0.1) is 5.82 Å². The summed E-state index contributed by atoms with van der Waals surface area (Å²) in [6.07, 6.45) is 0. The van der Waals surface area contributed by atoms with Crippen molar-refractivity contribution in [2.45, 2.75) is 46.7 Å². The maximum absolute atomic E-state index is 14.0. The lowest BCUT2D eigenvalue weighted by atomic mass is 10.1. The number of anilines is 1. The van der Waals surface area contributed by atoms with Crippen molar-refractivity contribution in [2.75, 3.05) is 18.0 Å². The summed E-state index contributed by atoms with van der Waals surface area (Å²) in [6, 6.07) is 5.31. The Balaban J connectivity index is 3.00. The summed E-state index contributed by atoms with van der Waals surface area (Å²) >= 11 is 0. The molecule has 0 radical (unpaired) electrons. The first-order valence-corrected chi connectivity index (χ1v) is 6.66. The van der Waals surface area contributed by atoms with Crippen LogP contribution in [0.25, 0.3) is 0 Å². The fraction of sp³-hybridized carbons (Fsp3) is 0.600. The molecule has 0 atom stereocenters. The van der Waals surface area contributed by atoms with Crippen molar-refractivity contribution >= 4 is 5.69 Å². The Labute approximate surface area is 110 Å². The van der Waals surface area contributed by atoms with Gasteiger partial charge in [0, 0.05) is 25.2 Å². The summed E-state index contributed by atoms with van der Waals surface area (Å²) < 4.78 is 14.0. The molecule has 0 aliphatic heterocycles. The lowest BCUT2D eigenvalue weighted by molar-refractivity contribution is 0.423. The fourth-order valence-corrected chi connectivity index (χ4v) is 1.96. The molecule has 0 amide bonds. The average Bonchev–Trinajstić information content (AvgIpc) is 2.29. The van der Waals surface area contributed by atoms with Crippen LogP contribution in [0.3, 0.4) is 0 Å². The van der Waals surface area contributed by atoms with E-state index in [1.807, 2.05) is 6.07 Å². The Kier molecular flexibility index (Phi) is 5.15. The van der Waals surface area contributed by atoms with E-state index in [0.29, 0.717) is 6.54 Å². The van der Waals surface area contributed by atoms with Crippen LogP contribution in [0.4, 0.5) is 10.1 Å². The zero-order chi connectivity index (χ0) is 13.8. The number of hydrogen-bond donors (Lipinski definition) is 1. The minimum absolute atomic E-state index is 0.0346. The minimum Gasteiger partial charge on any atom is -0.369 e. The van der Waals surface area contributed by atoms with Crippen LogP contribution in [-0.4, -0.2) is 18.6 Å². The maximum atomic E-state index is 14.0. The standard InChI is InChI=1S/C15H25FN2/c1-6-18(7-2)14-12(9-8-10-13(14)16)11-17-15(3,4)5/h8-10,17H,6-7,11H2,1-5H3. The predicted octanol–water partition coefficient (Wildman–Crippen LogP) is 3.56. The Hall–Kier alpha value is -1.09. The highest BCUT2D eigenvalue weighted by molar-refractivity contribution is 5.54. The Morgan fingerprint density at radius 1 is 1.17 bits per heavy atom. The highest BCUT2D eigenvalue weighted by atomic mass is 19.1. The topological polar surface area (TPSA) is 15.3 Å². The summed E-state index contributed by atoms with van der Waals surface area (Å²) in [5.41, 5.74) is 1.79. The van der Waals surface area contributed by atoms with Crippen LogP contribution in [-0.2, 0) is 6.54 Å². The predicted molar refractivity (Wildman–Crippen MR) is 76.6 cm³/mol. The van der Waals surface area contributed by atoms with Crippen LogP contribution in [0.1, 0.15) is 40.2 Å². The van der Waals surface area contributed by atoms with E-state index >= 15 is 0 Å². The van der Waals surface area contributed by atoms with Gasteiger partial charge in [-0.05, 0) is 46.2 Å². The second-order valence-electron chi connectivity index (χ2n) is 5.52. The third-order valence-electron chi connectivity index (χ3n) is 2.96. The van der Waals surface area contributed by atoms with Crippen molar-refractivity contribution in [1.29, 1.82) is 0 Å². The molecule has 18 heavy (non-hydrogen) atoms. The molecule has 0 spiro atoms. The van der Waals surface area contributed by atoms with E-state index in [9.17, 15) is 4.39 Å². The second kappa shape index (κ2) is 6.19. The molecule has 0 aromatic heterocycles. The molecule has 0 aliphatic rings. The second-order valence-corrected chi connectivity index (χ2v) is 5.52. The van der Waals surface area contributed by atoms with Crippen molar-refractivity contribution in [3.63, 3.8) is 0 Å². The summed E-state index contributed by atoms with van der Waals surface area (Å²) in [4.78, 5) is 2.06. The summed E-state index contributed by atoms with van der Waals surface area (Å²) in [7, 11) is 0. The van der Waals surface area contributed by atoms with Gasteiger partial charge in [0.1, 0.15) is 5.82 Å². The largest absolute Gasteiger partial charge is 0.369 e. The van der Waals surface area contributed by atoms with Crippen LogP contribution < -0.4 is 10.2 Å². The molecule has 0 bridgehead atoms. The number of para-hydroxylation sites is 1. The van der Waals surface area contributed by atoms with Gasteiger partial charge in [-0.25, -0.2) is 4.39 Å². The van der Waals surface area contributed by atoms with Gasteiger partial charge in [0.25, 0.3) is 0 Å². The van der Waals surface area contributed by atoms with E-state index in [0.717, 1.165) is 24.3 Å². The molecule has 0 aliphatic carbocycles. The molecule has 0 saturated heterocycles. The third-order valence-corrected chi connectivity index (χ3v) is 2.96. The van der Waals surface area contributed by atoms with E-state index < -0.39 is 0 Å². The molecule has 1 rings (SSSR count). The first-order chi connectivity index (χ1) is 8.39. The zero-order valence-corrected chi connectivity index (χ0v) is 12.2. The van der Waals surface area contributed by atoms with Gasteiger partial charge < -0.3 is 10.2 Å². The highest BCUT2D eigenvalue weighted by Crippen LogP contribution is 2.24. The van der Waals surface area contributed by atoms with E-state index in [-0.39, 0.29) is 11.4 Å². The van der Waals surface area contributed by atoms with E-state index in [1.165, 1.54) is 6.07 Å². The van der Waals surface area contributed by atoms with Crippen molar-refractivity contribution < 1.29 is 4.39 Å². The highest BCUT2D eigenvalue weighted by Gasteiger charge is 2.15. The van der Waals surface area contributed by atoms with Gasteiger partial charge in [-0.3, -0.25) is 0 Å². The summed E-state index contributed by atoms with van der Waals surface area (Å²) in [5, 5.41) is 3.42. The van der Waals surface area contributed by atoms with Gasteiger partial charge in [0.2, 0.25) is 0 Å². The lowest BCUT2D eigenvalue weighted by Gasteiger charge is -2.27. The molecule has 3 heteroatoms. The van der Waals surface area contributed by atoms with Gasteiger partial charge >= 0.3 is 0 Å². The first kappa shape index (κ1) is 15.0. The number of benzene rings is 1. The molecule has 1 aromatic carbocycles. The first-order valence-electron chi connectivity index (χ1n) is 6.66. The number of rotatable bonds is 5. The maximum Gasteiger partial charge on any atom is 0.146 e. The van der Waals surface area contributed by atoms with Crippen molar-refractivity contribution in [1.82, 2.24) is 5.32 Å². The molecular formula is C15H25FN2. The number of hydrogen-bond acceptors (Lipinski definition) is 2. The van der Waals surface area contributed by atoms with Crippen LogP contribution in [0.15, 0.2) is 18.2 Å². The van der Waals surface area contributed by atoms with Crippen LogP contribution >= 0.6 is 0 Å². The number of halogens is 1. The van der Waals surface area contributed by atoms with E-state index in [4.69, 9.17) is 0 Å². The zero-order valence-electron chi connectivity index (χ0n) is 12.2. The van der Waals surface area contributed by atoms with Crippen LogP contribution in [0.5, 0.6) is 0 Å². The van der Waals surface area contributed by atoms with Crippen LogP contribution in [0.2, 0.25) is 0 Å². The average molecular weight is 252 g/mol. The molecular weight excluding hydrogens is 227 g/mol. The van der Waals surface area contributed by atoms with Gasteiger partial charge in [-0.1, -0.05) is 12.1 Å².